The molecule has 1 aliphatic carbocycles. The molecule has 1 aliphatic rings. The van der Waals surface area contributed by atoms with Gasteiger partial charge in [-0.1, -0.05) is 26.2 Å². The standard InChI is InChI=1S/C14H25N3/c1-3-12-4-6-13(7-5-12)8-15-9-14-10-16-11-17(14)2/h10-13,15H,3-9H2,1-2H3. The summed E-state index contributed by atoms with van der Waals surface area (Å²) in [7, 11) is 2.05. The number of aromatic nitrogens is 2. The summed E-state index contributed by atoms with van der Waals surface area (Å²) < 4.78 is 2.08. The first-order valence-electron chi connectivity index (χ1n) is 6.95. The lowest BCUT2D eigenvalue weighted by Gasteiger charge is -2.27. The summed E-state index contributed by atoms with van der Waals surface area (Å²) in [5, 5.41) is 3.57. The summed E-state index contributed by atoms with van der Waals surface area (Å²) >= 11 is 0. The van der Waals surface area contributed by atoms with Crippen LogP contribution in [0.4, 0.5) is 0 Å². The van der Waals surface area contributed by atoms with Crippen LogP contribution in [-0.4, -0.2) is 16.1 Å². The lowest BCUT2D eigenvalue weighted by molar-refractivity contribution is 0.262. The van der Waals surface area contributed by atoms with Crippen molar-refractivity contribution in [2.24, 2.45) is 18.9 Å². The highest BCUT2D eigenvalue weighted by atomic mass is 15.0. The van der Waals surface area contributed by atoms with Gasteiger partial charge in [0.25, 0.3) is 0 Å². The summed E-state index contributed by atoms with van der Waals surface area (Å²) in [5.74, 6) is 1.90. The molecule has 1 fully saturated rings. The smallest absolute Gasteiger partial charge is 0.0945 e. The highest BCUT2D eigenvalue weighted by Gasteiger charge is 2.19. The second-order valence-corrected chi connectivity index (χ2v) is 5.42. The van der Waals surface area contributed by atoms with Crippen molar-refractivity contribution in [2.45, 2.75) is 45.6 Å². The molecule has 17 heavy (non-hydrogen) atoms. The van der Waals surface area contributed by atoms with E-state index in [-0.39, 0.29) is 0 Å². The van der Waals surface area contributed by atoms with E-state index in [4.69, 9.17) is 0 Å². The first-order valence-corrected chi connectivity index (χ1v) is 6.95. The predicted octanol–water partition coefficient (Wildman–Crippen LogP) is 2.73. The number of nitrogens with zero attached hydrogens (tertiary/aromatic N) is 2. The second kappa shape index (κ2) is 6.20. The molecule has 1 heterocycles. The average molecular weight is 235 g/mol. The zero-order chi connectivity index (χ0) is 12.1. The minimum Gasteiger partial charge on any atom is -0.337 e. The van der Waals surface area contributed by atoms with Gasteiger partial charge in [0, 0.05) is 19.8 Å². The van der Waals surface area contributed by atoms with Crippen LogP contribution in [0.3, 0.4) is 0 Å². The molecule has 3 heteroatoms. The van der Waals surface area contributed by atoms with Gasteiger partial charge in [-0.25, -0.2) is 4.98 Å². The van der Waals surface area contributed by atoms with Crippen molar-refractivity contribution in [1.82, 2.24) is 14.9 Å². The average Bonchev–Trinajstić information content (AvgIpc) is 2.76. The highest BCUT2D eigenvalue weighted by Crippen LogP contribution is 2.30. The molecule has 0 aliphatic heterocycles. The van der Waals surface area contributed by atoms with Gasteiger partial charge in [-0.15, -0.1) is 0 Å². The zero-order valence-electron chi connectivity index (χ0n) is 11.2. The number of hydrogen-bond donors (Lipinski definition) is 1. The molecule has 0 amide bonds. The summed E-state index contributed by atoms with van der Waals surface area (Å²) in [5.41, 5.74) is 1.27. The van der Waals surface area contributed by atoms with E-state index in [9.17, 15) is 0 Å². The molecule has 1 saturated carbocycles. The Morgan fingerprint density at radius 2 is 2.00 bits per heavy atom. The van der Waals surface area contributed by atoms with Crippen molar-refractivity contribution in [3.8, 4) is 0 Å². The predicted molar refractivity (Wildman–Crippen MR) is 70.7 cm³/mol. The number of aryl methyl sites for hydroxylation is 1. The summed E-state index contributed by atoms with van der Waals surface area (Å²) in [6, 6.07) is 0. The molecule has 1 N–H and O–H groups in total. The van der Waals surface area contributed by atoms with Crippen LogP contribution in [0.15, 0.2) is 12.5 Å². The Labute approximate surface area is 105 Å². The number of nitrogens with one attached hydrogen (secondary N) is 1. The molecule has 2 rings (SSSR count). The molecule has 1 aromatic rings. The fourth-order valence-corrected chi connectivity index (χ4v) is 2.80. The van der Waals surface area contributed by atoms with Gasteiger partial charge in [0.15, 0.2) is 0 Å². The molecule has 0 bridgehead atoms. The fourth-order valence-electron chi connectivity index (χ4n) is 2.80. The van der Waals surface area contributed by atoms with E-state index >= 15 is 0 Å². The summed E-state index contributed by atoms with van der Waals surface area (Å²) in [4.78, 5) is 4.13. The van der Waals surface area contributed by atoms with Crippen LogP contribution >= 0.6 is 0 Å². The summed E-state index contributed by atoms with van der Waals surface area (Å²) in [6.45, 7) is 4.44. The van der Waals surface area contributed by atoms with Crippen molar-refractivity contribution in [3.05, 3.63) is 18.2 Å². The van der Waals surface area contributed by atoms with Crippen LogP contribution < -0.4 is 5.32 Å². The number of hydrogen-bond acceptors (Lipinski definition) is 2. The van der Waals surface area contributed by atoms with Gasteiger partial charge in [0.2, 0.25) is 0 Å². The minimum atomic E-state index is 0.894. The topological polar surface area (TPSA) is 29.9 Å². The van der Waals surface area contributed by atoms with E-state index in [2.05, 4.69) is 28.8 Å². The van der Waals surface area contributed by atoms with Gasteiger partial charge < -0.3 is 9.88 Å². The van der Waals surface area contributed by atoms with E-state index < -0.39 is 0 Å². The largest absolute Gasteiger partial charge is 0.337 e. The first-order chi connectivity index (χ1) is 8.29. The molecule has 0 aromatic carbocycles. The maximum atomic E-state index is 4.13. The quantitative estimate of drug-likeness (QED) is 0.850. The van der Waals surface area contributed by atoms with E-state index in [0.29, 0.717) is 0 Å². The lowest BCUT2D eigenvalue weighted by atomic mass is 9.81. The van der Waals surface area contributed by atoms with Crippen LogP contribution in [0.25, 0.3) is 0 Å². The molecule has 3 nitrogen and oxygen atoms in total. The maximum Gasteiger partial charge on any atom is 0.0945 e. The van der Waals surface area contributed by atoms with Crippen LogP contribution in [0.1, 0.15) is 44.7 Å². The third-order valence-corrected chi connectivity index (χ3v) is 4.20. The van der Waals surface area contributed by atoms with Crippen LogP contribution in [0.5, 0.6) is 0 Å². The van der Waals surface area contributed by atoms with Crippen molar-refractivity contribution in [2.75, 3.05) is 6.54 Å². The Morgan fingerprint density at radius 1 is 1.29 bits per heavy atom. The van der Waals surface area contributed by atoms with Gasteiger partial charge in [0.1, 0.15) is 0 Å². The van der Waals surface area contributed by atoms with Gasteiger partial charge in [-0.2, -0.15) is 0 Å². The van der Waals surface area contributed by atoms with E-state index in [0.717, 1.165) is 18.4 Å². The molecule has 96 valence electrons. The lowest BCUT2D eigenvalue weighted by Crippen LogP contribution is -2.26. The zero-order valence-corrected chi connectivity index (χ0v) is 11.2. The van der Waals surface area contributed by atoms with Crippen LogP contribution in [0.2, 0.25) is 0 Å². The Hall–Kier alpha value is -0.830. The Bertz CT molecular complexity index is 324. The van der Waals surface area contributed by atoms with E-state index in [1.807, 2.05) is 12.5 Å². The van der Waals surface area contributed by atoms with Gasteiger partial charge in [-0.05, 0) is 31.2 Å². The Kier molecular flexibility index (Phi) is 4.60. The van der Waals surface area contributed by atoms with Crippen LogP contribution in [0, 0.1) is 11.8 Å². The van der Waals surface area contributed by atoms with Crippen molar-refractivity contribution in [1.29, 1.82) is 0 Å². The van der Waals surface area contributed by atoms with Crippen molar-refractivity contribution >= 4 is 0 Å². The van der Waals surface area contributed by atoms with Gasteiger partial charge in [0.05, 0.1) is 12.0 Å². The van der Waals surface area contributed by atoms with E-state index in [1.165, 1.54) is 44.3 Å². The monoisotopic (exact) mass is 235 g/mol. The normalized spacial score (nSPS) is 25.1. The molecule has 1 aromatic heterocycles. The Balaban J connectivity index is 1.65. The Morgan fingerprint density at radius 3 is 2.59 bits per heavy atom. The molecule has 0 unspecified atom stereocenters. The fraction of sp³-hybridized carbons (Fsp3) is 0.786. The van der Waals surface area contributed by atoms with Gasteiger partial charge >= 0.3 is 0 Å². The first kappa shape index (κ1) is 12.6. The third-order valence-electron chi connectivity index (χ3n) is 4.20. The van der Waals surface area contributed by atoms with E-state index in [1.54, 1.807) is 0 Å². The van der Waals surface area contributed by atoms with Crippen molar-refractivity contribution in [3.63, 3.8) is 0 Å². The molecule has 0 spiro atoms. The van der Waals surface area contributed by atoms with Crippen LogP contribution in [-0.2, 0) is 13.6 Å². The SMILES string of the molecule is CCC1CCC(CNCc2cncn2C)CC1. The van der Waals surface area contributed by atoms with Crippen molar-refractivity contribution < 1.29 is 0 Å². The van der Waals surface area contributed by atoms with Gasteiger partial charge in [-0.3, -0.25) is 0 Å². The second-order valence-electron chi connectivity index (χ2n) is 5.42. The molecular formula is C14H25N3. The molecule has 0 saturated heterocycles. The highest BCUT2D eigenvalue weighted by molar-refractivity contribution is 4.96. The molecule has 0 atom stereocenters. The number of rotatable bonds is 5. The summed E-state index contributed by atoms with van der Waals surface area (Å²) in [6.07, 6.45) is 10.9. The number of imidazole rings is 1. The minimum absolute atomic E-state index is 0.894. The molecular weight excluding hydrogens is 210 g/mol. The maximum absolute atomic E-state index is 4.13. The third kappa shape index (κ3) is 3.56. The molecule has 0 radical (unpaired) electrons.